The average molecular weight is 283 g/mol. The van der Waals surface area contributed by atoms with Crippen LogP contribution in [-0.2, 0) is 9.59 Å². The van der Waals surface area contributed by atoms with Gasteiger partial charge in [-0.25, -0.2) is 0 Å². The lowest BCUT2D eigenvalue weighted by molar-refractivity contribution is -0.145. The second-order valence-corrected chi connectivity index (χ2v) is 5.99. The summed E-state index contributed by atoms with van der Waals surface area (Å²) in [6.45, 7) is 1.74. The van der Waals surface area contributed by atoms with E-state index in [0.717, 1.165) is 32.4 Å². The Morgan fingerprint density at radius 1 is 1.26 bits per heavy atom. The summed E-state index contributed by atoms with van der Waals surface area (Å²) >= 11 is 5.03. The lowest BCUT2D eigenvalue weighted by atomic mass is 9.67. The predicted octanol–water partition coefficient (Wildman–Crippen LogP) is 0.524. The third kappa shape index (κ3) is 2.59. The van der Waals surface area contributed by atoms with Crippen LogP contribution in [0.25, 0.3) is 0 Å². The van der Waals surface area contributed by atoms with Crippen molar-refractivity contribution in [1.29, 1.82) is 0 Å². The maximum atomic E-state index is 12.4. The van der Waals surface area contributed by atoms with E-state index in [-0.39, 0.29) is 23.3 Å². The standard InChI is InChI=1S/C13H21N3O2S/c1-15(9-10(17)16-7-2-3-8-16)12(18)13(11(14)19)5-4-6-13/h2-9H2,1H3,(H2,14,19). The smallest absolute Gasteiger partial charge is 0.242 e. The van der Waals surface area contributed by atoms with Crippen LogP contribution >= 0.6 is 12.2 Å². The Morgan fingerprint density at radius 3 is 2.26 bits per heavy atom. The van der Waals surface area contributed by atoms with Crippen LogP contribution in [-0.4, -0.2) is 53.3 Å². The van der Waals surface area contributed by atoms with Crippen LogP contribution in [0.1, 0.15) is 32.1 Å². The molecule has 106 valence electrons. The molecule has 19 heavy (non-hydrogen) atoms. The lowest BCUT2D eigenvalue weighted by Crippen LogP contribution is -2.55. The normalized spacial score (nSPS) is 20.8. The molecule has 0 aromatic carbocycles. The fourth-order valence-corrected chi connectivity index (χ4v) is 3.09. The van der Waals surface area contributed by atoms with E-state index in [4.69, 9.17) is 18.0 Å². The molecule has 0 bridgehead atoms. The van der Waals surface area contributed by atoms with Gasteiger partial charge in [0.15, 0.2) is 0 Å². The maximum absolute atomic E-state index is 12.4. The Morgan fingerprint density at radius 2 is 1.84 bits per heavy atom. The van der Waals surface area contributed by atoms with Gasteiger partial charge in [-0.05, 0) is 25.7 Å². The first-order valence-corrected chi connectivity index (χ1v) is 7.21. The molecule has 5 nitrogen and oxygen atoms in total. The zero-order chi connectivity index (χ0) is 14.0. The predicted molar refractivity (Wildman–Crippen MR) is 76.5 cm³/mol. The van der Waals surface area contributed by atoms with Crippen molar-refractivity contribution in [3.8, 4) is 0 Å². The van der Waals surface area contributed by atoms with Crippen molar-refractivity contribution in [2.75, 3.05) is 26.7 Å². The van der Waals surface area contributed by atoms with Crippen molar-refractivity contribution < 1.29 is 9.59 Å². The van der Waals surface area contributed by atoms with Crippen LogP contribution in [0, 0.1) is 5.41 Å². The minimum Gasteiger partial charge on any atom is -0.392 e. The number of nitrogens with zero attached hydrogens (tertiary/aromatic N) is 2. The van der Waals surface area contributed by atoms with Crippen molar-refractivity contribution in [2.45, 2.75) is 32.1 Å². The molecule has 1 aliphatic heterocycles. The molecule has 1 heterocycles. The summed E-state index contributed by atoms with van der Waals surface area (Å²) in [7, 11) is 1.66. The SMILES string of the molecule is CN(CC(=O)N1CCCC1)C(=O)C1(C(N)=S)CCC1. The fraction of sp³-hybridized carbons (Fsp3) is 0.769. The molecule has 0 atom stereocenters. The van der Waals surface area contributed by atoms with Gasteiger partial charge in [-0.2, -0.15) is 0 Å². The van der Waals surface area contributed by atoms with Crippen LogP contribution in [0.2, 0.25) is 0 Å². The number of carbonyl (C=O) groups is 2. The van der Waals surface area contributed by atoms with Gasteiger partial charge in [-0.15, -0.1) is 0 Å². The minimum absolute atomic E-state index is 0.0192. The molecule has 0 unspecified atom stereocenters. The molecule has 6 heteroatoms. The average Bonchev–Trinajstić information content (AvgIpc) is 2.79. The highest BCUT2D eigenvalue weighted by atomic mass is 32.1. The monoisotopic (exact) mass is 283 g/mol. The third-order valence-electron chi connectivity index (χ3n) is 4.27. The van der Waals surface area contributed by atoms with Gasteiger partial charge in [0.05, 0.1) is 16.9 Å². The second-order valence-electron chi connectivity index (χ2n) is 5.55. The molecule has 0 radical (unpaired) electrons. The molecule has 2 amide bonds. The van der Waals surface area contributed by atoms with Gasteiger partial charge in [0.1, 0.15) is 0 Å². The molecule has 2 fully saturated rings. The number of hydrogen-bond donors (Lipinski definition) is 1. The van der Waals surface area contributed by atoms with E-state index in [1.807, 2.05) is 4.90 Å². The van der Waals surface area contributed by atoms with Crippen molar-refractivity contribution in [3.05, 3.63) is 0 Å². The summed E-state index contributed by atoms with van der Waals surface area (Å²) < 4.78 is 0. The maximum Gasteiger partial charge on any atom is 0.242 e. The van der Waals surface area contributed by atoms with Gasteiger partial charge in [0.25, 0.3) is 0 Å². The van der Waals surface area contributed by atoms with Gasteiger partial charge in [0, 0.05) is 20.1 Å². The van der Waals surface area contributed by atoms with Gasteiger partial charge >= 0.3 is 0 Å². The van der Waals surface area contributed by atoms with E-state index in [2.05, 4.69) is 0 Å². The van der Waals surface area contributed by atoms with Crippen molar-refractivity contribution >= 4 is 29.0 Å². The molecular weight excluding hydrogens is 262 g/mol. The summed E-state index contributed by atoms with van der Waals surface area (Å²) in [6, 6.07) is 0. The minimum atomic E-state index is -0.685. The molecule has 2 N–H and O–H groups in total. The zero-order valence-corrected chi connectivity index (χ0v) is 12.2. The molecule has 0 aromatic heterocycles. The van der Waals surface area contributed by atoms with E-state index in [1.165, 1.54) is 4.90 Å². The molecule has 1 saturated heterocycles. The molecule has 1 aliphatic carbocycles. The Labute approximate surface area is 119 Å². The Hall–Kier alpha value is -1.17. The molecule has 1 saturated carbocycles. The van der Waals surface area contributed by atoms with Gasteiger partial charge in [0.2, 0.25) is 11.8 Å². The van der Waals surface area contributed by atoms with Gasteiger partial charge < -0.3 is 15.5 Å². The molecular formula is C13H21N3O2S. The second kappa shape index (κ2) is 5.45. The largest absolute Gasteiger partial charge is 0.392 e. The van der Waals surface area contributed by atoms with Gasteiger partial charge in [-0.1, -0.05) is 18.6 Å². The number of rotatable bonds is 4. The lowest BCUT2D eigenvalue weighted by Gasteiger charge is -2.41. The van der Waals surface area contributed by atoms with E-state index >= 15 is 0 Å². The quantitative estimate of drug-likeness (QED) is 0.764. The topological polar surface area (TPSA) is 66.6 Å². The van der Waals surface area contributed by atoms with Crippen LogP contribution in [0.3, 0.4) is 0 Å². The van der Waals surface area contributed by atoms with E-state index in [0.29, 0.717) is 12.8 Å². The highest BCUT2D eigenvalue weighted by molar-refractivity contribution is 7.80. The number of amides is 2. The number of likely N-dealkylation sites (N-methyl/N-ethyl adjacent to an activating group) is 1. The Bertz CT molecular complexity index is 401. The highest BCUT2D eigenvalue weighted by Crippen LogP contribution is 2.42. The Balaban J connectivity index is 1.95. The first-order valence-electron chi connectivity index (χ1n) is 6.80. The van der Waals surface area contributed by atoms with Crippen molar-refractivity contribution in [2.24, 2.45) is 11.1 Å². The first kappa shape index (κ1) is 14.2. The zero-order valence-electron chi connectivity index (χ0n) is 11.4. The number of nitrogens with two attached hydrogens (primary N) is 1. The summed E-state index contributed by atoms with van der Waals surface area (Å²) in [6.07, 6.45) is 4.50. The number of hydrogen-bond acceptors (Lipinski definition) is 3. The van der Waals surface area contributed by atoms with Crippen LogP contribution in [0.4, 0.5) is 0 Å². The molecule has 0 aromatic rings. The highest BCUT2D eigenvalue weighted by Gasteiger charge is 2.48. The summed E-state index contributed by atoms with van der Waals surface area (Å²) in [4.78, 5) is 28.0. The number of carbonyl (C=O) groups excluding carboxylic acids is 2. The fourth-order valence-electron chi connectivity index (χ4n) is 2.80. The molecule has 0 spiro atoms. The third-order valence-corrected chi connectivity index (χ3v) is 4.66. The molecule has 2 rings (SSSR count). The van der Waals surface area contributed by atoms with Gasteiger partial charge in [-0.3, -0.25) is 9.59 Å². The van der Waals surface area contributed by atoms with Crippen LogP contribution in [0.5, 0.6) is 0 Å². The van der Waals surface area contributed by atoms with Crippen molar-refractivity contribution in [1.82, 2.24) is 9.80 Å². The Kier molecular flexibility index (Phi) is 4.08. The summed E-state index contributed by atoms with van der Waals surface area (Å²) in [5, 5.41) is 0. The first-order chi connectivity index (χ1) is 8.97. The van der Waals surface area contributed by atoms with Crippen LogP contribution in [0.15, 0.2) is 0 Å². The van der Waals surface area contributed by atoms with Crippen molar-refractivity contribution in [3.63, 3.8) is 0 Å². The van der Waals surface area contributed by atoms with Crippen LogP contribution < -0.4 is 5.73 Å². The van der Waals surface area contributed by atoms with E-state index < -0.39 is 5.41 Å². The van der Waals surface area contributed by atoms with E-state index in [9.17, 15) is 9.59 Å². The summed E-state index contributed by atoms with van der Waals surface area (Å²) in [5.74, 6) is -0.0791. The number of thiocarbonyl (C=S) groups is 1. The molecule has 2 aliphatic rings. The van der Waals surface area contributed by atoms with E-state index in [1.54, 1.807) is 7.05 Å². The number of likely N-dealkylation sites (tertiary alicyclic amines) is 1. The summed E-state index contributed by atoms with van der Waals surface area (Å²) in [5.41, 5.74) is 5.03.